The van der Waals surface area contributed by atoms with Gasteiger partial charge in [-0.25, -0.2) is 0 Å². The molecule has 18 heavy (non-hydrogen) atoms. The topological polar surface area (TPSA) is 49.4 Å². The van der Waals surface area contributed by atoms with E-state index in [0.717, 1.165) is 19.4 Å². The van der Waals surface area contributed by atoms with Crippen LogP contribution in [0.1, 0.15) is 52.4 Å². The van der Waals surface area contributed by atoms with Crippen LogP contribution in [0.5, 0.6) is 0 Å². The van der Waals surface area contributed by atoms with Gasteiger partial charge in [-0.15, -0.1) is 0 Å². The lowest BCUT2D eigenvalue weighted by Crippen LogP contribution is -2.62. The van der Waals surface area contributed by atoms with Gasteiger partial charge in [-0.2, -0.15) is 0 Å². The fourth-order valence-corrected chi connectivity index (χ4v) is 3.09. The molecule has 1 aliphatic heterocycles. The van der Waals surface area contributed by atoms with Crippen LogP contribution in [0.3, 0.4) is 0 Å². The molecule has 2 unspecified atom stereocenters. The number of amides is 2. The normalized spacial score (nSPS) is 29.8. The van der Waals surface area contributed by atoms with Crippen LogP contribution in [0.15, 0.2) is 0 Å². The van der Waals surface area contributed by atoms with E-state index in [9.17, 15) is 9.59 Å². The molecule has 2 atom stereocenters. The summed E-state index contributed by atoms with van der Waals surface area (Å²) in [6.45, 7) is 4.65. The quantitative estimate of drug-likeness (QED) is 0.827. The Balaban J connectivity index is 2.03. The second kappa shape index (κ2) is 5.72. The van der Waals surface area contributed by atoms with Crippen molar-refractivity contribution in [1.82, 2.24) is 10.2 Å². The van der Waals surface area contributed by atoms with Crippen molar-refractivity contribution in [2.45, 2.75) is 64.5 Å². The summed E-state index contributed by atoms with van der Waals surface area (Å²) in [7, 11) is 0. The molecule has 0 aromatic carbocycles. The molecule has 2 fully saturated rings. The van der Waals surface area contributed by atoms with E-state index in [1.165, 1.54) is 25.7 Å². The largest absolute Gasteiger partial charge is 0.343 e. The lowest BCUT2D eigenvalue weighted by molar-refractivity contribution is -0.149. The smallest absolute Gasteiger partial charge is 0.245 e. The fourth-order valence-electron chi connectivity index (χ4n) is 3.09. The molecule has 2 amide bonds. The summed E-state index contributed by atoms with van der Waals surface area (Å²) in [6, 6.07) is -0.591. The lowest BCUT2D eigenvalue weighted by Gasteiger charge is -2.38. The molecule has 1 aliphatic carbocycles. The standard InChI is InChI=1S/C14H24N2O2/c1-3-6-12-14(18)16(10(2)13(17)15-12)9-11-7-4-5-8-11/h10-12H,3-9H2,1-2H3,(H,15,17). The molecule has 0 spiro atoms. The van der Waals surface area contributed by atoms with E-state index in [1.807, 2.05) is 18.7 Å². The van der Waals surface area contributed by atoms with Crippen LogP contribution >= 0.6 is 0 Å². The number of nitrogens with one attached hydrogen (secondary N) is 1. The highest BCUT2D eigenvalue weighted by Crippen LogP contribution is 2.27. The highest BCUT2D eigenvalue weighted by molar-refractivity contribution is 5.96. The van der Waals surface area contributed by atoms with E-state index in [1.54, 1.807) is 0 Å². The predicted octanol–water partition coefficient (Wildman–Crippen LogP) is 1.69. The van der Waals surface area contributed by atoms with Gasteiger partial charge in [-0.3, -0.25) is 9.59 Å². The Labute approximate surface area is 109 Å². The van der Waals surface area contributed by atoms with Gasteiger partial charge in [0.05, 0.1) is 0 Å². The SMILES string of the molecule is CCCC1NC(=O)C(C)N(CC2CCCC2)C1=O. The van der Waals surface area contributed by atoms with Crippen LogP contribution in [0, 0.1) is 5.92 Å². The molecule has 1 heterocycles. The fraction of sp³-hybridized carbons (Fsp3) is 0.857. The lowest BCUT2D eigenvalue weighted by atomic mass is 10.0. The number of nitrogens with zero attached hydrogens (tertiary/aromatic N) is 1. The zero-order valence-electron chi connectivity index (χ0n) is 11.4. The van der Waals surface area contributed by atoms with E-state index >= 15 is 0 Å². The van der Waals surface area contributed by atoms with Gasteiger partial charge in [0.15, 0.2) is 0 Å². The van der Waals surface area contributed by atoms with E-state index in [-0.39, 0.29) is 23.9 Å². The Hall–Kier alpha value is -1.06. The molecule has 1 N–H and O–H groups in total. The monoisotopic (exact) mass is 252 g/mol. The highest BCUT2D eigenvalue weighted by atomic mass is 16.2. The molecule has 0 aromatic rings. The number of carbonyl (C=O) groups is 2. The molecule has 0 radical (unpaired) electrons. The van der Waals surface area contributed by atoms with Gasteiger partial charge < -0.3 is 10.2 Å². The molecule has 4 nitrogen and oxygen atoms in total. The van der Waals surface area contributed by atoms with Crippen molar-refractivity contribution in [3.63, 3.8) is 0 Å². The average Bonchev–Trinajstić information content (AvgIpc) is 2.85. The number of hydrogen-bond acceptors (Lipinski definition) is 2. The molecule has 0 aromatic heterocycles. The van der Waals surface area contributed by atoms with E-state index in [0.29, 0.717) is 5.92 Å². The third-order valence-corrected chi connectivity index (χ3v) is 4.25. The second-order valence-corrected chi connectivity index (χ2v) is 5.67. The van der Waals surface area contributed by atoms with Crippen molar-refractivity contribution in [2.24, 2.45) is 5.92 Å². The van der Waals surface area contributed by atoms with Gasteiger partial charge in [0.25, 0.3) is 0 Å². The highest BCUT2D eigenvalue weighted by Gasteiger charge is 2.38. The first kappa shape index (κ1) is 13.4. The number of rotatable bonds is 4. The Kier molecular flexibility index (Phi) is 4.25. The van der Waals surface area contributed by atoms with Crippen LogP contribution in [0.25, 0.3) is 0 Å². The minimum Gasteiger partial charge on any atom is -0.343 e. The minimum absolute atomic E-state index is 0.00560. The van der Waals surface area contributed by atoms with Crippen LogP contribution < -0.4 is 5.32 Å². The van der Waals surface area contributed by atoms with Gasteiger partial charge >= 0.3 is 0 Å². The Bertz CT molecular complexity index is 324. The molecule has 0 bridgehead atoms. The minimum atomic E-state index is -0.300. The van der Waals surface area contributed by atoms with Crippen LogP contribution in [0.4, 0.5) is 0 Å². The average molecular weight is 252 g/mol. The van der Waals surface area contributed by atoms with Crippen molar-refractivity contribution < 1.29 is 9.59 Å². The summed E-state index contributed by atoms with van der Waals surface area (Å²) in [6.07, 6.45) is 6.62. The van der Waals surface area contributed by atoms with Gasteiger partial charge in [-0.1, -0.05) is 26.2 Å². The van der Waals surface area contributed by atoms with Crippen LogP contribution in [-0.2, 0) is 9.59 Å². The van der Waals surface area contributed by atoms with Crippen molar-refractivity contribution in [2.75, 3.05) is 6.54 Å². The van der Waals surface area contributed by atoms with Crippen LogP contribution in [0.2, 0.25) is 0 Å². The third-order valence-electron chi connectivity index (χ3n) is 4.25. The predicted molar refractivity (Wildman–Crippen MR) is 70.0 cm³/mol. The first-order chi connectivity index (χ1) is 8.63. The first-order valence-corrected chi connectivity index (χ1v) is 7.24. The van der Waals surface area contributed by atoms with Gasteiger partial charge in [0, 0.05) is 6.54 Å². The molecular formula is C14H24N2O2. The van der Waals surface area contributed by atoms with Crippen LogP contribution in [-0.4, -0.2) is 35.3 Å². The molecule has 1 saturated carbocycles. The van der Waals surface area contributed by atoms with Crippen molar-refractivity contribution in [3.8, 4) is 0 Å². The molecular weight excluding hydrogens is 228 g/mol. The Morgan fingerprint density at radius 3 is 2.56 bits per heavy atom. The Morgan fingerprint density at radius 2 is 1.94 bits per heavy atom. The number of hydrogen-bond donors (Lipinski definition) is 1. The van der Waals surface area contributed by atoms with Crippen molar-refractivity contribution in [1.29, 1.82) is 0 Å². The third kappa shape index (κ3) is 2.68. The Morgan fingerprint density at radius 1 is 1.28 bits per heavy atom. The second-order valence-electron chi connectivity index (χ2n) is 5.67. The molecule has 102 valence electrons. The summed E-state index contributed by atoms with van der Waals surface area (Å²) in [5.41, 5.74) is 0. The van der Waals surface area contributed by atoms with E-state index in [4.69, 9.17) is 0 Å². The van der Waals surface area contributed by atoms with Gasteiger partial charge in [0.1, 0.15) is 12.1 Å². The van der Waals surface area contributed by atoms with E-state index < -0.39 is 0 Å². The summed E-state index contributed by atoms with van der Waals surface area (Å²) in [4.78, 5) is 26.1. The van der Waals surface area contributed by atoms with Crippen molar-refractivity contribution >= 4 is 11.8 Å². The summed E-state index contributed by atoms with van der Waals surface area (Å²) in [5, 5.41) is 2.84. The summed E-state index contributed by atoms with van der Waals surface area (Å²) >= 11 is 0. The zero-order chi connectivity index (χ0) is 13.1. The molecule has 4 heteroatoms. The zero-order valence-corrected chi connectivity index (χ0v) is 11.4. The molecule has 1 saturated heterocycles. The maximum atomic E-state index is 12.4. The van der Waals surface area contributed by atoms with Crippen molar-refractivity contribution in [3.05, 3.63) is 0 Å². The first-order valence-electron chi connectivity index (χ1n) is 7.24. The summed E-state index contributed by atoms with van der Waals surface area (Å²) in [5.74, 6) is 0.728. The molecule has 2 rings (SSSR count). The number of piperazine rings is 1. The van der Waals surface area contributed by atoms with Gasteiger partial charge in [-0.05, 0) is 32.1 Å². The van der Waals surface area contributed by atoms with Gasteiger partial charge in [0.2, 0.25) is 11.8 Å². The van der Waals surface area contributed by atoms with E-state index in [2.05, 4.69) is 5.32 Å². The number of carbonyl (C=O) groups excluding carboxylic acids is 2. The maximum Gasteiger partial charge on any atom is 0.245 e. The molecule has 2 aliphatic rings. The summed E-state index contributed by atoms with van der Waals surface area (Å²) < 4.78 is 0. The maximum absolute atomic E-state index is 12.4.